The lowest BCUT2D eigenvalue weighted by molar-refractivity contribution is 0.369. The van der Waals surface area contributed by atoms with Crippen LogP contribution in [0.15, 0.2) is 12.3 Å². The number of aryl methyl sites for hydroxylation is 1. The molecule has 1 unspecified atom stereocenters. The zero-order valence-corrected chi connectivity index (χ0v) is 11.6. The van der Waals surface area contributed by atoms with E-state index >= 15 is 0 Å². The lowest BCUT2D eigenvalue weighted by atomic mass is 10.0. The molecule has 4 heteroatoms. The first-order valence-corrected chi connectivity index (χ1v) is 6.52. The second-order valence-electron chi connectivity index (χ2n) is 4.90. The van der Waals surface area contributed by atoms with Crippen molar-refractivity contribution in [1.29, 1.82) is 0 Å². The number of nitrogens with one attached hydrogen (secondary N) is 1. The van der Waals surface area contributed by atoms with Crippen molar-refractivity contribution in [2.45, 2.75) is 40.2 Å². The van der Waals surface area contributed by atoms with Gasteiger partial charge in [0.05, 0.1) is 5.52 Å². The van der Waals surface area contributed by atoms with E-state index in [1.54, 1.807) is 0 Å². The van der Waals surface area contributed by atoms with Crippen LogP contribution in [0.4, 0.5) is 0 Å². The third-order valence-corrected chi connectivity index (χ3v) is 3.51. The van der Waals surface area contributed by atoms with Crippen molar-refractivity contribution in [3.05, 3.63) is 22.6 Å². The van der Waals surface area contributed by atoms with Gasteiger partial charge < -0.3 is 4.98 Å². The lowest BCUT2D eigenvalue weighted by Crippen LogP contribution is -2.14. The van der Waals surface area contributed by atoms with Crippen LogP contribution in [0.2, 0.25) is 0 Å². The number of aromatic nitrogens is 3. The molecule has 0 aliphatic heterocycles. The van der Waals surface area contributed by atoms with Gasteiger partial charge in [-0.15, -0.1) is 0 Å². The van der Waals surface area contributed by atoms with Crippen molar-refractivity contribution in [2.75, 3.05) is 0 Å². The van der Waals surface area contributed by atoms with Crippen LogP contribution in [0.1, 0.15) is 38.8 Å². The van der Waals surface area contributed by atoms with Gasteiger partial charge in [0.25, 0.3) is 0 Å². The molecule has 0 bridgehead atoms. The number of rotatable bonds is 3. The maximum atomic E-state index is 5.43. The number of hydrogen-bond acceptors (Lipinski definition) is 2. The Morgan fingerprint density at radius 1 is 1.47 bits per heavy atom. The van der Waals surface area contributed by atoms with Crippen molar-refractivity contribution in [2.24, 2.45) is 5.92 Å². The first-order valence-electron chi connectivity index (χ1n) is 6.11. The highest BCUT2D eigenvalue weighted by atomic mass is 32.1. The predicted molar refractivity (Wildman–Crippen MR) is 73.8 cm³/mol. The smallest absolute Gasteiger partial charge is 0.179 e. The SMILES string of the molecule is CCC(C(C)C)n1c(=S)[nH]c2cc(C)cnc21. The van der Waals surface area contributed by atoms with Crippen molar-refractivity contribution in [1.82, 2.24) is 14.5 Å². The molecule has 2 aromatic heterocycles. The molecule has 0 aromatic carbocycles. The van der Waals surface area contributed by atoms with E-state index in [1.807, 2.05) is 13.1 Å². The van der Waals surface area contributed by atoms with Gasteiger partial charge in [0.1, 0.15) is 0 Å². The number of fused-ring (bicyclic) bond motifs is 1. The summed E-state index contributed by atoms with van der Waals surface area (Å²) in [5.74, 6) is 0.550. The van der Waals surface area contributed by atoms with Crippen LogP contribution in [0.3, 0.4) is 0 Å². The minimum atomic E-state index is 0.409. The quantitative estimate of drug-likeness (QED) is 0.834. The molecule has 0 amide bonds. The fourth-order valence-corrected chi connectivity index (χ4v) is 2.71. The monoisotopic (exact) mass is 249 g/mol. The van der Waals surface area contributed by atoms with E-state index in [-0.39, 0.29) is 0 Å². The Kier molecular flexibility index (Phi) is 3.33. The van der Waals surface area contributed by atoms with Gasteiger partial charge in [0, 0.05) is 12.2 Å². The van der Waals surface area contributed by atoms with Gasteiger partial charge in [0.15, 0.2) is 10.4 Å². The number of imidazole rings is 1. The van der Waals surface area contributed by atoms with Gasteiger partial charge in [-0.05, 0) is 43.1 Å². The van der Waals surface area contributed by atoms with Crippen LogP contribution >= 0.6 is 12.2 Å². The van der Waals surface area contributed by atoms with Crippen molar-refractivity contribution >= 4 is 23.4 Å². The molecule has 3 nitrogen and oxygen atoms in total. The molecule has 1 atom stereocenters. The van der Waals surface area contributed by atoms with E-state index in [2.05, 4.69) is 41.4 Å². The van der Waals surface area contributed by atoms with E-state index in [4.69, 9.17) is 12.2 Å². The summed E-state index contributed by atoms with van der Waals surface area (Å²) in [6, 6.07) is 2.51. The fraction of sp³-hybridized carbons (Fsp3) is 0.538. The second-order valence-corrected chi connectivity index (χ2v) is 5.29. The van der Waals surface area contributed by atoms with Crippen molar-refractivity contribution < 1.29 is 0 Å². The summed E-state index contributed by atoms with van der Waals surface area (Å²) in [5.41, 5.74) is 3.16. The Morgan fingerprint density at radius 2 is 2.18 bits per heavy atom. The second kappa shape index (κ2) is 4.61. The zero-order valence-electron chi connectivity index (χ0n) is 10.8. The van der Waals surface area contributed by atoms with Crippen LogP contribution < -0.4 is 0 Å². The summed E-state index contributed by atoms with van der Waals surface area (Å²) in [7, 11) is 0. The van der Waals surface area contributed by atoms with Crippen LogP contribution in [0.5, 0.6) is 0 Å². The van der Waals surface area contributed by atoms with Crippen LogP contribution in [0, 0.1) is 17.6 Å². The maximum Gasteiger partial charge on any atom is 0.179 e. The molecule has 2 aromatic rings. The summed E-state index contributed by atoms with van der Waals surface area (Å²) in [4.78, 5) is 7.77. The molecule has 92 valence electrons. The highest BCUT2D eigenvalue weighted by molar-refractivity contribution is 7.71. The minimum Gasteiger partial charge on any atom is -0.329 e. The Morgan fingerprint density at radius 3 is 2.76 bits per heavy atom. The third kappa shape index (κ3) is 2.14. The molecule has 0 saturated carbocycles. The predicted octanol–water partition coefficient (Wildman–Crippen LogP) is 4.01. The van der Waals surface area contributed by atoms with Gasteiger partial charge in [0.2, 0.25) is 0 Å². The molecule has 2 rings (SSSR count). The molecule has 1 N–H and O–H groups in total. The van der Waals surface area contributed by atoms with Gasteiger partial charge in [-0.1, -0.05) is 20.8 Å². The molecule has 2 heterocycles. The number of hydrogen-bond donors (Lipinski definition) is 1. The van der Waals surface area contributed by atoms with Gasteiger partial charge in [-0.3, -0.25) is 4.57 Å². The van der Waals surface area contributed by atoms with E-state index < -0.39 is 0 Å². The third-order valence-electron chi connectivity index (χ3n) is 3.21. The average Bonchev–Trinajstić information content (AvgIpc) is 2.55. The maximum absolute atomic E-state index is 5.43. The van der Waals surface area contributed by atoms with E-state index in [1.165, 1.54) is 0 Å². The number of pyridine rings is 1. The largest absolute Gasteiger partial charge is 0.329 e. The highest BCUT2D eigenvalue weighted by Crippen LogP contribution is 2.26. The molecule has 0 fully saturated rings. The fourth-order valence-electron chi connectivity index (χ4n) is 2.38. The number of nitrogens with zero attached hydrogens (tertiary/aromatic N) is 2. The standard InChI is InChI=1S/C13H19N3S/c1-5-11(8(2)3)16-12-10(15-13(16)17)6-9(4)7-14-12/h6-8,11H,5H2,1-4H3,(H,15,17). The summed E-state index contributed by atoms with van der Waals surface area (Å²) in [6.07, 6.45) is 2.96. The van der Waals surface area contributed by atoms with Crippen LogP contribution in [-0.2, 0) is 0 Å². The van der Waals surface area contributed by atoms with Crippen molar-refractivity contribution in [3.8, 4) is 0 Å². The molecule has 17 heavy (non-hydrogen) atoms. The topological polar surface area (TPSA) is 33.6 Å². The van der Waals surface area contributed by atoms with E-state index in [9.17, 15) is 0 Å². The Balaban J connectivity index is 2.68. The van der Waals surface area contributed by atoms with E-state index in [0.29, 0.717) is 12.0 Å². The first-order chi connectivity index (χ1) is 8.04. The summed E-state index contributed by atoms with van der Waals surface area (Å²) in [6.45, 7) is 8.69. The molecule has 0 spiro atoms. The normalized spacial score (nSPS) is 13.5. The van der Waals surface area contributed by atoms with Gasteiger partial charge >= 0.3 is 0 Å². The van der Waals surface area contributed by atoms with Crippen molar-refractivity contribution in [3.63, 3.8) is 0 Å². The molecular formula is C13H19N3S. The lowest BCUT2D eigenvalue weighted by Gasteiger charge is -2.21. The highest BCUT2D eigenvalue weighted by Gasteiger charge is 2.17. The van der Waals surface area contributed by atoms with Gasteiger partial charge in [-0.2, -0.15) is 0 Å². The molecular weight excluding hydrogens is 230 g/mol. The molecule has 0 saturated heterocycles. The van der Waals surface area contributed by atoms with Crippen LogP contribution in [0.25, 0.3) is 11.2 Å². The Labute approximate surface area is 107 Å². The molecule has 0 aliphatic carbocycles. The van der Waals surface area contributed by atoms with E-state index in [0.717, 1.165) is 27.9 Å². The zero-order chi connectivity index (χ0) is 12.6. The Bertz CT molecular complexity index is 580. The summed E-state index contributed by atoms with van der Waals surface area (Å²) >= 11 is 5.43. The Hall–Kier alpha value is -1.16. The van der Waals surface area contributed by atoms with Gasteiger partial charge in [-0.25, -0.2) is 4.98 Å². The average molecular weight is 249 g/mol. The summed E-state index contributed by atoms with van der Waals surface area (Å²) < 4.78 is 2.94. The number of aromatic amines is 1. The number of H-pyrrole nitrogens is 1. The van der Waals surface area contributed by atoms with Crippen LogP contribution in [-0.4, -0.2) is 14.5 Å². The summed E-state index contributed by atoms with van der Waals surface area (Å²) in [5, 5.41) is 0. The first kappa shape index (κ1) is 12.3. The molecule has 0 radical (unpaired) electrons. The minimum absolute atomic E-state index is 0.409. The molecule has 0 aliphatic rings.